The highest BCUT2D eigenvalue weighted by molar-refractivity contribution is 6.02. The van der Waals surface area contributed by atoms with Gasteiger partial charge in [-0.3, -0.25) is 19.6 Å². The van der Waals surface area contributed by atoms with Crippen LogP contribution in [0.25, 0.3) is 0 Å². The summed E-state index contributed by atoms with van der Waals surface area (Å²) in [5.41, 5.74) is 1.35. The quantitative estimate of drug-likeness (QED) is 0.624. The molecule has 7 nitrogen and oxygen atoms in total. The van der Waals surface area contributed by atoms with Crippen LogP contribution in [0, 0.1) is 6.92 Å². The van der Waals surface area contributed by atoms with Gasteiger partial charge in [0, 0.05) is 12.6 Å². The van der Waals surface area contributed by atoms with Crippen molar-refractivity contribution in [2.75, 3.05) is 18.0 Å². The van der Waals surface area contributed by atoms with E-state index in [-0.39, 0.29) is 31.5 Å². The highest BCUT2D eigenvalue weighted by atomic mass is 16.3. The van der Waals surface area contributed by atoms with E-state index >= 15 is 0 Å². The molecule has 7 heteroatoms. The first-order chi connectivity index (χ1) is 8.02. The molecule has 0 unspecified atom stereocenters. The lowest BCUT2D eigenvalue weighted by Crippen LogP contribution is -2.52. The van der Waals surface area contributed by atoms with Crippen molar-refractivity contribution in [1.82, 2.24) is 15.1 Å². The Morgan fingerprint density at radius 3 is 2.47 bits per heavy atom. The number of aliphatic hydroxyl groups excluding tert-OH is 1. The predicted octanol–water partition coefficient (Wildman–Crippen LogP) is -1.32. The van der Waals surface area contributed by atoms with E-state index in [9.17, 15) is 14.7 Å². The largest absolute Gasteiger partial charge is 0.391 e. The molecule has 0 bridgehead atoms. The summed E-state index contributed by atoms with van der Waals surface area (Å²) in [4.78, 5) is 24.2. The molecule has 92 valence electrons. The van der Waals surface area contributed by atoms with Crippen LogP contribution in [0.4, 0.5) is 5.82 Å². The lowest BCUT2D eigenvalue weighted by Gasteiger charge is -2.27. The van der Waals surface area contributed by atoms with Gasteiger partial charge in [-0.15, -0.1) is 0 Å². The zero-order valence-corrected chi connectivity index (χ0v) is 9.73. The number of nitrogens with one attached hydrogen (secondary N) is 1. The Morgan fingerprint density at radius 2 is 1.94 bits per heavy atom. The van der Waals surface area contributed by atoms with Gasteiger partial charge in [0.25, 0.3) is 0 Å². The predicted molar refractivity (Wildman–Crippen MR) is 59.2 cm³/mol. The number of hydrogen-bond donors (Lipinski definition) is 2. The molecule has 0 saturated carbocycles. The van der Waals surface area contributed by atoms with Gasteiger partial charge in [0.15, 0.2) is 0 Å². The maximum atomic E-state index is 11.3. The maximum absolute atomic E-state index is 11.3. The van der Waals surface area contributed by atoms with E-state index in [4.69, 9.17) is 0 Å². The molecule has 2 heterocycles. The summed E-state index contributed by atoms with van der Waals surface area (Å²) in [5, 5.41) is 15.7. The first kappa shape index (κ1) is 11.6. The topological polar surface area (TPSA) is 87.5 Å². The summed E-state index contributed by atoms with van der Waals surface area (Å²) >= 11 is 0. The fourth-order valence-electron chi connectivity index (χ4n) is 2.06. The molecule has 1 aromatic rings. The number of aliphatic hydroxyl groups is 1. The summed E-state index contributed by atoms with van der Waals surface area (Å²) in [6.07, 6.45) is 0. The molecule has 0 radical (unpaired) electrons. The van der Waals surface area contributed by atoms with Crippen LogP contribution >= 0.6 is 0 Å². The van der Waals surface area contributed by atoms with Crippen LogP contribution in [0.15, 0.2) is 0 Å². The molecule has 2 N–H and O–H groups in total. The minimum atomic E-state index is -0.344. The van der Waals surface area contributed by atoms with Gasteiger partial charge in [0.2, 0.25) is 11.8 Å². The van der Waals surface area contributed by atoms with Gasteiger partial charge >= 0.3 is 0 Å². The zero-order valence-electron chi connectivity index (χ0n) is 9.73. The van der Waals surface area contributed by atoms with E-state index in [1.165, 1.54) is 0 Å². The third-order valence-electron chi connectivity index (χ3n) is 2.72. The Labute approximate surface area is 98.0 Å². The number of imide groups is 1. The van der Waals surface area contributed by atoms with E-state index in [1.807, 2.05) is 0 Å². The monoisotopic (exact) mass is 238 g/mol. The van der Waals surface area contributed by atoms with E-state index in [2.05, 4.69) is 10.4 Å². The number of carbonyl (C=O) groups excluding carboxylic acids is 2. The normalized spacial score (nSPS) is 16.3. The van der Waals surface area contributed by atoms with E-state index in [0.29, 0.717) is 17.1 Å². The van der Waals surface area contributed by atoms with Crippen molar-refractivity contribution >= 4 is 17.6 Å². The zero-order chi connectivity index (χ0) is 12.6. The minimum Gasteiger partial charge on any atom is -0.391 e. The first-order valence-electron chi connectivity index (χ1n) is 5.24. The maximum Gasteiger partial charge on any atom is 0.246 e. The number of amides is 2. The Bertz CT molecular complexity index is 464. The van der Waals surface area contributed by atoms with Crippen LogP contribution in [-0.2, 0) is 23.2 Å². The van der Waals surface area contributed by atoms with Gasteiger partial charge in [0.1, 0.15) is 5.82 Å². The summed E-state index contributed by atoms with van der Waals surface area (Å²) in [7, 11) is 1.72. The molecule has 0 atom stereocenters. The molecular weight excluding hydrogens is 224 g/mol. The lowest BCUT2D eigenvalue weighted by molar-refractivity contribution is -0.130. The number of aromatic nitrogens is 2. The van der Waals surface area contributed by atoms with Crippen molar-refractivity contribution in [1.29, 1.82) is 0 Å². The molecule has 1 aliphatic rings. The minimum absolute atomic E-state index is 0.0950. The van der Waals surface area contributed by atoms with Crippen LogP contribution in [-0.4, -0.2) is 39.8 Å². The summed E-state index contributed by atoms with van der Waals surface area (Å²) in [5.74, 6) is -0.0683. The molecule has 0 aromatic carbocycles. The van der Waals surface area contributed by atoms with Gasteiger partial charge in [-0.25, -0.2) is 0 Å². The van der Waals surface area contributed by atoms with Crippen LogP contribution in [0.5, 0.6) is 0 Å². The highest BCUT2D eigenvalue weighted by Gasteiger charge is 2.27. The number of aryl methyl sites for hydroxylation is 2. The van der Waals surface area contributed by atoms with Gasteiger partial charge in [-0.2, -0.15) is 5.10 Å². The summed E-state index contributed by atoms with van der Waals surface area (Å²) < 4.78 is 1.58. The molecule has 0 spiro atoms. The van der Waals surface area contributed by atoms with Gasteiger partial charge in [-0.05, 0) is 6.92 Å². The highest BCUT2D eigenvalue weighted by Crippen LogP contribution is 2.23. The lowest BCUT2D eigenvalue weighted by atomic mass is 10.2. The van der Waals surface area contributed by atoms with Crippen LogP contribution < -0.4 is 10.2 Å². The number of piperazine rings is 1. The molecule has 1 aliphatic heterocycles. The third-order valence-corrected chi connectivity index (χ3v) is 2.72. The van der Waals surface area contributed by atoms with Crippen LogP contribution in [0.1, 0.15) is 11.3 Å². The van der Waals surface area contributed by atoms with Gasteiger partial charge < -0.3 is 10.0 Å². The summed E-state index contributed by atoms with van der Waals surface area (Å²) in [6.45, 7) is 1.80. The SMILES string of the molecule is Cc1nn(C)c(N2CC(=O)NC(=O)C2)c1CO. The Hall–Kier alpha value is -1.89. The van der Waals surface area contributed by atoms with Crippen molar-refractivity contribution < 1.29 is 14.7 Å². The number of nitrogens with zero attached hydrogens (tertiary/aromatic N) is 3. The van der Waals surface area contributed by atoms with Crippen LogP contribution in [0.3, 0.4) is 0 Å². The van der Waals surface area contributed by atoms with Crippen molar-refractivity contribution in [2.24, 2.45) is 7.05 Å². The average molecular weight is 238 g/mol. The standard InChI is InChI=1S/C10H14N4O3/c1-6-7(5-15)10(13(2)12-6)14-3-8(16)11-9(17)4-14/h15H,3-5H2,1-2H3,(H,11,16,17). The number of carbonyl (C=O) groups is 2. The first-order valence-corrected chi connectivity index (χ1v) is 5.24. The van der Waals surface area contributed by atoms with Crippen molar-refractivity contribution in [2.45, 2.75) is 13.5 Å². The molecule has 17 heavy (non-hydrogen) atoms. The summed E-state index contributed by atoms with van der Waals surface area (Å²) in [6, 6.07) is 0. The smallest absolute Gasteiger partial charge is 0.246 e. The Morgan fingerprint density at radius 1 is 1.35 bits per heavy atom. The fourth-order valence-corrected chi connectivity index (χ4v) is 2.06. The van der Waals surface area contributed by atoms with Gasteiger partial charge in [-0.1, -0.05) is 0 Å². The molecule has 1 fully saturated rings. The number of hydrogen-bond acceptors (Lipinski definition) is 5. The van der Waals surface area contributed by atoms with E-state index in [1.54, 1.807) is 23.6 Å². The molecule has 2 amide bonds. The molecule has 2 rings (SSSR count). The second kappa shape index (κ2) is 4.17. The Balaban J connectivity index is 2.39. The van der Waals surface area contributed by atoms with Crippen molar-refractivity contribution in [3.63, 3.8) is 0 Å². The second-order valence-electron chi connectivity index (χ2n) is 4.00. The molecule has 1 saturated heterocycles. The van der Waals surface area contributed by atoms with E-state index < -0.39 is 0 Å². The number of anilines is 1. The van der Waals surface area contributed by atoms with Gasteiger partial charge in [0.05, 0.1) is 25.4 Å². The third kappa shape index (κ3) is 2.01. The van der Waals surface area contributed by atoms with Crippen molar-refractivity contribution in [3.05, 3.63) is 11.3 Å². The Kier molecular flexibility index (Phi) is 2.84. The van der Waals surface area contributed by atoms with E-state index in [0.717, 1.165) is 0 Å². The van der Waals surface area contributed by atoms with Crippen molar-refractivity contribution in [3.8, 4) is 0 Å². The average Bonchev–Trinajstić information content (AvgIpc) is 2.51. The molecule has 0 aliphatic carbocycles. The van der Waals surface area contributed by atoms with Crippen LogP contribution in [0.2, 0.25) is 0 Å². The molecule has 1 aromatic heterocycles. The number of rotatable bonds is 2. The fraction of sp³-hybridized carbons (Fsp3) is 0.500. The molecular formula is C10H14N4O3. The second-order valence-corrected chi connectivity index (χ2v) is 4.00.